The van der Waals surface area contributed by atoms with E-state index in [2.05, 4.69) is 26.3 Å². The first-order chi connectivity index (χ1) is 25.2. The highest BCUT2D eigenvalue weighted by molar-refractivity contribution is 5.99. The Balaban J connectivity index is 0.00000561. The number of rotatable bonds is 11. The fourth-order valence-electron chi connectivity index (χ4n) is 6.99. The maximum atomic E-state index is 13.9. The Morgan fingerprint density at radius 3 is 2.30 bits per heavy atom. The molecule has 2 fully saturated rings. The number of amides is 3. The maximum absolute atomic E-state index is 13.9. The van der Waals surface area contributed by atoms with Gasteiger partial charge in [-0.05, 0) is 111 Å². The molecule has 1 saturated heterocycles. The summed E-state index contributed by atoms with van der Waals surface area (Å²) in [6, 6.07) is 15.8. The number of alkyl halides is 5. The number of carbonyl (C=O) groups excluding carboxylic acids is 3. The maximum Gasteiger partial charge on any atom is 0.461 e. The lowest BCUT2D eigenvalue weighted by atomic mass is 9.81. The highest BCUT2D eigenvalue weighted by atomic mass is 35.5. The van der Waals surface area contributed by atoms with Gasteiger partial charge in [0.25, 0.3) is 5.91 Å². The van der Waals surface area contributed by atoms with E-state index in [1.54, 1.807) is 6.07 Å². The quantitative estimate of drug-likeness (QED) is 0.101. The zero-order valence-electron chi connectivity index (χ0n) is 29.5. The van der Waals surface area contributed by atoms with E-state index in [1.807, 2.05) is 48.3 Å². The molecule has 290 valence electrons. The highest BCUT2D eigenvalue weighted by Crippen LogP contribution is 2.43. The molecule has 2 atom stereocenters. The summed E-state index contributed by atoms with van der Waals surface area (Å²) >= 11 is 0. The number of H-pyrrole nitrogens is 1. The van der Waals surface area contributed by atoms with Gasteiger partial charge in [0.1, 0.15) is 6.04 Å². The lowest BCUT2D eigenvalue weighted by Crippen LogP contribution is -2.48. The van der Waals surface area contributed by atoms with Gasteiger partial charge in [-0.15, -0.1) is 12.4 Å². The van der Waals surface area contributed by atoms with Crippen LogP contribution in [0.4, 0.5) is 27.6 Å². The van der Waals surface area contributed by atoms with Gasteiger partial charge in [0.05, 0.1) is 11.0 Å². The van der Waals surface area contributed by atoms with E-state index in [1.165, 1.54) is 18.2 Å². The molecule has 0 spiro atoms. The zero-order valence-corrected chi connectivity index (χ0v) is 30.3. The van der Waals surface area contributed by atoms with E-state index in [-0.39, 0.29) is 59.3 Å². The van der Waals surface area contributed by atoms with Gasteiger partial charge < -0.3 is 32.0 Å². The Labute approximate surface area is 315 Å². The molecule has 1 aliphatic carbocycles. The van der Waals surface area contributed by atoms with Crippen LogP contribution in [0.3, 0.4) is 0 Å². The average molecular weight is 776 g/mol. The van der Waals surface area contributed by atoms with E-state index in [4.69, 9.17) is 5.73 Å². The SMILES string of the molecule is Cc1cc(C(=O)N[C@@H]2CCNC2)ccc1-c1ccc(C[C@H](NC(=O)[C@H]2CC[C@H](CN)CC2)C(=O)Nc2ccc3[nH]c(C(F)(F)C(F)(F)F)nc3c2)cc1.Cl. The minimum Gasteiger partial charge on any atom is -0.348 e. The second-order valence-electron chi connectivity index (χ2n) is 14.0. The molecule has 10 nitrogen and oxygen atoms in total. The van der Waals surface area contributed by atoms with Crippen LogP contribution in [0.5, 0.6) is 0 Å². The van der Waals surface area contributed by atoms with Crippen molar-refractivity contribution in [1.82, 2.24) is 25.9 Å². The number of nitrogens with two attached hydrogens (primary N) is 1. The Morgan fingerprint density at radius 1 is 0.944 bits per heavy atom. The van der Waals surface area contributed by atoms with E-state index >= 15 is 0 Å². The third-order valence-electron chi connectivity index (χ3n) is 10.2. The van der Waals surface area contributed by atoms with Crippen LogP contribution in [-0.2, 0) is 21.9 Å². The molecule has 1 saturated carbocycles. The van der Waals surface area contributed by atoms with Gasteiger partial charge in [-0.2, -0.15) is 22.0 Å². The lowest BCUT2D eigenvalue weighted by Gasteiger charge is -2.28. The minimum atomic E-state index is -5.85. The number of imidazole rings is 1. The molecule has 7 N–H and O–H groups in total. The van der Waals surface area contributed by atoms with E-state index in [9.17, 15) is 36.3 Å². The van der Waals surface area contributed by atoms with Crippen LogP contribution in [0.25, 0.3) is 22.2 Å². The first kappa shape index (κ1) is 40.6. The molecule has 6 rings (SSSR count). The molecule has 2 heterocycles. The third-order valence-corrected chi connectivity index (χ3v) is 10.2. The number of aromatic amines is 1. The van der Waals surface area contributed by atoms with Crippen molar-refractivity contribution in [2.45, 2.75) is 69.6 Å². The first-order valence-electron chi connectivity index (χ1n) is 17.7. The number of nitrogens with one attached hydrogen (secondary N) is 5. The van der Waals surface area contributed by atoms with Crippen molar-refractivity contribution in [3.8, 4) is 11.1 Å². The number of nitrogens with zero attached hydrogens (tertiary/aromatic N) is 1. The highest BCUT2D eigenvalue weighted by Gasteiger charge is 2.61. The van der Waals surface area contributed by atoms with Crippen LogP contribution < -0.4 is 27.0 Å². The van der Waals surface area contributed by atoms with Gasteiger partial charge in [0, 0.05) is 36.2 Å². The fourth-order valence-corrected chi connectivity index (χ4v) is 6.99. The third kappa shape index (κ3) is 9.19. The summed E-state index contributed by atoms with van der Waals surface area (Å²) in [6.45, 7) is 4.09. The van der Waals surface area contributed by atoms with Crippen molar-refractivity contribution < 1.29 is 36.3 Å². The summed E-state index contributed by atoms with van der Waals surface area (Å²) in [5, 5.41) is 11.8. The molecule has 16 heteroatoms. The monoisotopic (exact) mass is 775 g/mol. The average Bonchev–Trinajstić information content (AvgIpc) is 3.81. The van der Waals surface area contributed by atoms with Crippen molar-refractivity contribution in [3.05, 3.63) is 83.2 Å². The van der Waals surface area contributed by atoms with Crippen molar-refractivity contribution in [3.63, 3.8) is 0 Å². The number of fused-ring (bicyclic) bond motifs is 1. The number of benzene rings is 3. The topological polar surface area (TPSA) is 154 Å². The Bertz CT molecular complexity index is 1960. The van der Waals surface area contributed by atoms with Crippen molar-refractivity contribution in [2.75, 3.05) is 25.0 Å². The smallest absolute Gasteiger partial charge is 0.348 e. The summed E-state index contributed by atoms with van der Waals surface area (Å²) in [4.78, 5) is 45.4. The van der Waals surface area contributed by atoms with Crippen molar-refractivity contribution >= 4 is 46.8 Å². The number of halogens is 6. The number of carbonyl (C=O) groups is 3. The summed E-state index contributed by atoms with van der Waals surface area (Å²) in [5.41, 5.74) is 9.67. The second-order valence-corrected chi connectivity index (χ2v) is 14.0. The van der Waals surface area contributed by atoms with E-state index < -0.39 is 29.9 Å². The molecule has 54 heavy (non-hydrogen) atoms. The van der Waals surface area contributed by atoms with Gasteiger partial charge in [-0.1, -0.05) is 30.3 Å². The number of aryl methyl sites for hydroxylation is 1. The number of hydrogen-bond acceptors (Lipinski definition) is 6. The van der Waals surface area contributed by atoms with Gasteiger partial charge in [0.15, 0.2) is 5.82 Å². The normalized spacial score (nSPS) is 19.5. The summed E-state index contributed by atoms with van der Waals surface area (Å²) < 4.78 is 66.7. The number of hydrogen-bond donors (Lipinski definition) is 6. The van der Waals surface area contributed by atoms with Crippen LogP contribution in [-0.4, -0.2) is 65.6 Å². The minimum absolute atomic E-state index is 0. The molecule has 1 aromatic heterocycles. The molecule has 0 radical (unpaired) electrons. The van der Waals surface area contributed by atoms with Crippen LogP contribution in [0.15, 0.2) is 60.7 Å². The second kappa shape index (κ2) is 16.8. The van der Waals surface area contributed by atoms with Crippen LogP contribution in [0, 0.1) is 18.8 Å². The van der Waals surface area contributed by atoms with E-state index in [0.717, 1.165) is 54.6 Å². The van der Waals surface area contributed by atoms with E-state index in [0.29, 0.717) is 30.9 Å². The molecule has 0 bridgehead atoms. The predicted molar refractivity (Wildman–Crippen MR) is 197 cm³/mol. The van der Waals surface area contributed by atoms with Crippen molar-refractivity contribution in [1.29, 1.82) is 0 Å². The molecular formula is C38H43ClF5N7O3. The fraction of sp³-hybridized carbons (Fsp3) is 0.421. The molecule has 4 aromatic rings. The van der Waals surface area contributed by atoms with Crippen molar-refractivity contribution in [2.24, 2.45) is 17.6 Å². The zero-order chi connectivity index (χ0) is 37.9. The standard InChI is InChI=1S/C38H42F5N7O3.ClH/c1-21-16-26(34(52)47-28-14-15-45-20-28)10-12-29(21)24-6-2-22(3-7-24)17-32(48-33(51)25-8-4-23(19-44)5-9-25)35(53)46-27-11-13-30-31(18-27)50-36(49-30)37(39,40)38(41,42)43;/h2-3,6-7,10-13,16,18,23,25,28,32,45H,4-5,8-9,14-15,17,19-20,44H2,1H3,(H,46,53)(H,47,52)(H,48,51)(H,49,50);1H/t23-,25-,28-,32+;/m1./s1. The van der Waals surface area contributed by atoms with Crippen LogP contribution in [0.1, 0.15) is 59.4 Å². The van der Waals surface area contributed by atoms with Gasteiger partial charge >= 0.3 is 12.1 Å². The number of aromatic nitrogens is 2. The molecule has 3 aromatic carbocycles. The molecular weight excluding hydrogens is 733 g/mol. The molecule has 0 unspecified atom stereocenters. The lowest BCUT2D eigenvalue weighted by molar-refractivity contribution is -0.292. The Hall–Kier alpha value is -4.60. The predicted octanol–water partition coefficient (Wildman–Crippen LogP) is 6.14. The summed E-state index contributed by atoms with van der Waals surface area (Å²) in [7, 11) is 0. The van der Waals surface area contributed by atoms with Crippen LogP contribution in [0.2, 0.25) is 0 Å². The molecule has 1 aliphatic heterocycles. The summed E-state index contributed by atoms with van der Waals surface area (Å²) in [5.74, 6) is -7.72. The van der Waals surface area contributed by atoms with Gasteiger partial charge in [0.2, 0.25) is 11.8 Å². The van der Waals surface area contributed by atoms with Gasteiger partial charge in [-0.25, -0.2) is 4.98 Å². The largest absolute Gasteiger partial charge is 0.461 e. The Kier molecular flexibility index (Phi) is 12.6. The molecule has 3 amide bonds. The summed E-state index contributed by atoms with van der Waals surface area (Å²) in [6.07, 6.45) is -1.99. The first-order valence-corrected chi connectivity index (χ1v) is 17.7. The number of anilines is 1. The van der Waals surface area contributed by atoms with Gasteiger partial charge in [-0.3, -0.25) is 14.4 Å². The molecule has 2 aliphatic rings. The van der Waals surface area contributed by atoms with Crippen LogP contribution >= 0.6 is 12.4 Å². The Morgan fingerprint density at radius 2 is 1.67 bits per heavy atom.